The van der Waals surface area contributed by atoms with Crippen LogP contribution in [0.1, 0.15) is 48.7 Å². The van der Waals surface area contributed by atoms with Crippen molar-refractivity contribution in [3.8, 4) is 5.75 Å². The Morgan fingerprint density at radius 2 is 1.46 bits per heavy atom. The molecule has 0 aliphatic rings. The summed E-state index contributed by atoms with van der Waals surface area (Å²) in [5, 5.41) is 8.69. The van der Waals surface area contributed by atoms with E-state index in [1.165, 1.54) is 42.6 Å². The molecule has 3 aromatic carbocycles. The van der Waals surface area contributed by atoms with Crippen molar-refractivity contribution in [3.63, 3.8) is 0 Å². The van der Waals surface area contributed by atoms with Crippen LogP contribution in [0.4, 0.5) is 0 Å². The largest absolute Gasteiger partial charge is 0.478 e. The van der Waals surface area contributed by atoms with Crippen molar-refractivity contribution in [3.05, 3.63) is 129 Å². The van der Waals surface area contributed by atoms with Crippen LogP contribution < -0.4 is 16.0 Å². The van der Waals surface area contributed by atoms with Crippen molar-refractivity contribution in [2.75, 3.05) is 20.6 Å². The first-order valence-electron chi connectivity index (χ1n) is 16.7. The van der Waals surface area contributed by atoms with Crippen LogP contribution in [0, 0.1) is 5.92 Å². The highest BCUT2D eigenvalue weighted by Gasteiger charge is 2.42. The van der Waals surface area contributed by atoms with Crippen LogP contribution in [0.3, 0.4) is 0 Å². The second-order valence-electron chi connectivity index (χ2n) is 12.5. The first kappa shape index (κ1) is 40.6. The van der Waals surface area contributed by atoms with Crippen LogP contribution in [-0.4, -0.2) is 67.2 Å². The fraction of sp³-hybridized carbons (Fsp3) is 0.333. The summed E-state index contributed by atoms with van der Waals surface area (Å²) >= 11 is 0. The minimum Gasteiger partial charge on any atom is -0.478 e. The van der Waals surface area contributed by atoms with Crippen molar-refractivity contribution in [2.45, 2.75) is 39.2 Å². The second kappa shape index (κ2) is 18.4. The molecule has 0 fully saturated rings. The molecule has 1 N–H and O–H groups in total. The van der Waals surface area contributed by atoms with Gasteiger partial charge in [0.1, 0.15) is 16.9 Å². The predicted octanol–water partition coefficient (Wildman–Crippen LogP) is 4.56. The summed E-state index contributed by atoms with van der Waals surface area (Å²) < 4.78 is 14.9. The fourth-order valence-corrected chi connectivity index (χ4v) is 5.70. The highest BCUT2D eigenvalue weighted by molar-refractivity contribution is 5.91. The molecule has 0 aliphatic heterocycles. The van der Waals surface area contributed by atoms with Crippen molar-refractivity contribution in [2.24, 2.45) is 27.1 Å². The van der Waals surface area contributed by atoms with Gasteiger partial charge in [-0.15, -0.1) is 0 Å². The summed E-state index contributed by atoms with van der Waals surface area (Å²) in [4.78, 5) is 62.8. The molecule has 0 aliphatic carbocycles. The molecule has 0 saturated carbocycles. The van der Waals surface area contributed by atoms with E-state index in [-0.39, 0.29) is 34.4 Å². The first-order chi connectivity index (χ1) is 24.6. The van der Waals surface area contributed by atoms with E-state index in [9.17, 15) is 24.0 Å². The standard InChI is InChI=1S/C22H29NO2.C9H8O4.C8H10N4O2/c1-5-21(24)25-22(18(2)17-23(3)4,20-14-10-7-11-15-20)16-19-12-8-6-9-13-19;1-6(10)13-8-5-3-2-4-7(8)9(11)12;1-10-4-9-6-5(10)7(13)12(3)8(14)11(6)2/h6-15,18H,5,16-17H2,1-4H3;2-5H,1H3,(H,11,12);4H,1-3H3/t18-,22+;;/m1../s1. The van der Waals surface area contributed by atoms with Gasteiger partial charge in [0.2, 0.25) is 0 Å². The number of para-hydroxylation sites is 1. The average molecular weight is 714 g/mol. The molecule has 5 rings (SSSR count). The Morgan fingerprint density at radius 3 is 2.02 bits per heavy atom. The summed E-state index contributed by atoms with van der Waals surface area (Å²) in [5.74, 6) is -1.60. The van der Waals surface area contributed by atoms with Crippen LogP contribution >= 0.6 is 0 Å². The van der Waals surface area contributed by atoms with Gasteiger partial charge in [0, 0.05) is 53.4 Å². The van der Waals surface area contributed by atoms with E-state index in [4.69, 9.17) is 9.84 Å². The highest BCUT2D eigenvalue weighted by atomic mass is 16.6. The number of ether oxygens (including phenoxy) is 2. The van der Waals surface area contributed by atoms with Crippen LogP contribution in [0.25, 0.3) is 11.2 Å². The number of fused-ring (bicyclic) bond motifs is 1. The lowest BCUT2D eigenvalue weighted by atomic mass is 9.77. The van der Waals surface area contributed by atoms with Crippen LogP contribution in [-0.2, 0) is 47.5 Å². The van der Waals surface area contributed by atoms with E-state index in [2.05, 4.69) is 59.9 Å². The Bertz CT molecular complexity index is 2090. The summed E-state index contributed by atoms with van der Waals surface area (Å²) in [7, 11) is 8.88. The number of rotatable bonds is 10. The monoisotopic (exact) mass is 713 g/mol. The van der Waals surface area contributed by atoms with Gasteiger partial charge in [0.05, 0.1) is 6.33 Å². The van der Waals surface area contributed by atoms with E-state index in [1.807, 2.05) is 43.3 Å². The first-order valence-corrected chi connectivity index (χ1v) is 16.7. The van der Waals surface area contributed by atoms with E-state index in [0.29, 0.717) is 24.0 Å². The number of carbonyl (C=O) groups excluding carboxylic acids is 2. The molecular formula is C39H47N5O8. The number of aryl methyl sites for hydroxylation is 2. The van der Waals surface area contributed by atoms with Gasteiger partial charge in [-0.2, -0.15) is 0 Å². The van der Waals surface area contributed by atoms with Gasteiger partial charge in [-0.1, -0.05) is 86.6 Å². The number of carboxylic acid groups (broad SMARTS) is 1. The Morgan fingerprint density at radius 1 is 0.885 bits per heavy atom. The molecule has 2 aromatic heterocycles. The molecule has 0 radical (unpaired) electrons. The van der Waals surface area contributed by atoms with Gasteiger partial charge >= 0.3 is 23.6 Å². The van der Waals surface area contributed by atoms with Crippen LogP contribution in [0.15, 0.2) is 101 Å². The number of aromatic nitrogens is 4. The molecule has 0 saturated heterocycles. The molecule has 0 bridgehead atoms. The summed E-state index contributed by atoms with van der Waals surface area (Å²) in [6.45, 7) is 6.06. The lowest BCUT2D eigenvalue weighted by Gasteiger charge is -2.40. The molecular weight excluding hydrogens is 666 g/mol. The van der Waals surface area contributed by atoms with Crippen molar-refractivity contribution in [1.82, 2.24) is 23.6 Å². The summed E-state index contributed by atoms with van der Waals surface area (Å²) in [5.41, 5.74) is 1.70. The topological polar surface area (TPSA) is 155 Å². The number of nitrogens with zero attached hydrogens (tertiary/aromatic N) is 5. The van der Waals surface area contributed by atoms with Crippen LogP contribution in [0.5, 0.6) is 5.75 Å². The zero-order valence-corrected chi connectivity index (χ0v) is 30.9. The van der Waals surface area contributed by atoms with Gasteiger partial charge in [0.25, 0.3) is 5.56 Å². The molecule has 52 heavy (non-hydrogen) atoms. The van der Waals surface area contributed by atoms with Crippen molar-refractivity contribution >= 4 is 29.1 Å². The number of hydrogen-bond acceptors (Lipinski definition) is 9. The number of imidazole rings is 1. The van der Waals surface area contributed by atoms with Gasteiger partial charge in [0.15, 0.2) is 11.2 Å². The number of hydrogen-bond donors (Lipinski definition) is 1. The minimum absolute atomic E-state index is 0.0160. The van der Waals surface area contributed by atoms with Gasteiger partial charge in [-0.05, 0) is 37.4 Å². The maximum absolute atomic E-state index is 12.3. The maximum Gasteiger partial charge on any atom is 0.339 e. The second-order valence-corrected chi connectivity index (χ2v) is 12.5. The van der Waals surface area contributed by atoms with E-state index < -0.39 is 17.5 Å². The Hall–Kier alpha value is -5.82. The lowest BCUT2D eigenvalue weighted by Crippen LogP contribution is -2.44. The van der Waals surface area contributed by atoms with Gasteiger partial charge in [-0.3, -0.25) is 23.5 Å². The minimum atomic E-state index is -1.11. The van der Waals surface area contributed by atoms with Crippen molar-refractivity contribution in [1.29, 1.82) is 0 Å². The quantitative estimate of drug-likeness (QED) is 0.161. The predicted molar refractivity (Wildman–Crippen MR) is 198 cm³/mol. The van der Waals surface area contributed by atoms with E-state index in [0.717, 1.165) is 16.7 Å². The Balaban J connectivity index is 0.000000228. The molecule has 0 spiro atoms. The number of carboxylic acids is 1. The molecule has 0 amide bonds. The smallest absolute Gasteiger partial charge is 0.339 e. The zero-order chi connectivity index (χ0) is 38.6. The van der Waals surface area contributed by atoms with E-state index >= 15 is 0 Å². The molecule has 2 heterocycles. The average Bonchev–Trinajstić information content (AvgIpc) is 3.51. The summed E-state index contributed by atoms with van der Waals surface area (Å²) in [6.07, 6.45) is 2.56. The molecule has 2 atom stereocenters. The molecule has 13 nitrogen and oxygen atoms in total. The molecule has 0 unspecified atom stereocenters. The SMILES string of the molecule is CC(=O)Oc1ccccc1C(=O)O.CCC(=O)O[C@](Cc1ccccc1)(c1ccccc1)[C@H](C)CN(C)C.Cn1c(=O)c2c(ncn2C)n(C)c1=O. The normalized spacial score (nSPS) is 12.4. The van der Waals surface area contributed by atoms with Crippen molar-refractivity contribution < 1.29 is 29.0 Å². The molecule has 13 heteroatoms. The third kappa shape index (κ3) is 10.1. The lowest BCUT2D eigenvalue weighted by molar-refractivity contribution is -0.168. The van der Waals surface area contributed by atoms with Gasteiger partial charge in [-0.25, -0.2) is 14.6 Å². The fourth-order valence-electron chi connectivity index (χ4n) is 5.70. The third-order valence-corrected chi connectivity index (χ3v) is 8.28. The Kier molecular flexibility index (Phi) is 14.4. The number of benzene rings is 3. The van der Waals surface area contributed by atoms with E-state index in [1.54, 1.807) is 30.8 Å². The maximum atomic E-state index is 12.3. The zero-order valence-electron chi connectivity index (χ0n) is 30.9. The van der Waals surface area contributed by atoms with Crippen LogP contribution in [0.2, 0.25) is 0 Å². The molecule has 276 valence electrons. The van der Waals surface area contributed by atoms with Gasteiger partial charge < -0.3 is 24.0 Å². The third-order valence-electron chi connectivity index (χ3n) is 8.28. The number of carbonyl (C=O) groups is 3. The highest BCUT2D eigenvalue weighted by Crippen LogP contribution is 2.38. The molecule has 5 aromatic rings. The summed E-state index contributed by atoms with van der Waals surface area (Å²) in [6, 6.07) is 26.4. The Labute approximate surface area is 302 Å². The number of esters is 2. The number of aromatic carboxylic acids is 1.